The molecule has 34 heavy (non-hydrogen) atoms. The van der Waals surface area contributed by atoms with E-state index in [1.165, 1.54) is 18.1 Å². The second kappa shape index (κ2) is 13.1. The lowest BCUT2D eigenvalue weighted by Crippen LogP contribution is -2.48. The van der Waals surface area contributed by atoms with Crippen LogP contribution >= 0.6 is 11.8 Å². The molecular weight excluding hydrogens is 456 g/mol. The second-order valence-electron chi connectivity index (χ2n) is 8.27. The molecule has 0 saturated carbocycles. The second-order valence-corrected chi connectivity index (χ2v) is 9.26. The minimum absolute atomic E-state index is 0.0468. The summed E-state index contributed by atoms with van der Waals surface area (Å²) in [6.07, 6.45) is 7.74. The van der Waals surface area contributed by atoms with Gasteiger partial charge in [0.25, 0.3) is 0 Å². The lowest BCUT2D eigenvalue weighted by atomic mass is 10.1. The number of aryl methyl sites for hydroxylation is 1. The number of carboxylic acids is 1. The molecule has 1 fully saturated rings. The van der Waals surface area contributed by atoms with E-state index < -0.39 is 12.0 Å². The monoisotopic (exact) mass is 488 g/mol. The Balaban J connectivity index is 1.66. The van der Waals surface area contributed by atoms with Crippen molar-refractivity contribution < 1.29 is 24.3 Å². The third-order valence-corrected chi connectivity index (χ3v) is 6.52. The van der Waals surface area contributed by atoms with E-state index in [2.05, 4.69) is 9.97 Å². The Hall–Kier alpha value is -2.85. The van der Waals surface area contributed by atoms with Crippen LogP contribution in [0.25, 0.3) is 0 Å². The van der Waals surface area contributed by atoms with Gasteiger partial charge in [-0.1, -0.05) is 30.3 Å². The number of thioether (sulfide) groups is 1. The summed E-state index contributed by atoms with van der Waals surface area (Å²) in [5.74, 6) is -0.929. The Bertz CT molecular complexity index is 925. The normalized spacial score (nSPS) is 16.4. The molecular formula is C24H32N4O5S. The molecule has 10 heteroatoms. The molecule has 2 amide bonds. The van der Waals surface area contributed by atoms with Crippen LogP contribution < -0.4 is 0 Å². The zero-order valence-electron chi connectivity index (χ0n) is 19.4. The number of benzene rings is 1. The fraction of sp³-hybridized carbons (Fsp3) is 0.500. The summed E-state index contributed by atoms with van der Waals surface area (Å²) >= 11 is 1.52. The van der Waals surface area contributed by atoms with Gasteiger partial charge in [0.1, 0.15) is 0 Å². The minimum atomic E-state index is -1.10. The maximum Gasteiger partial charge on any atom is 0.329 e. The summed E-state index contributed by atoms with van der Waals surface area (Å²) in [5, 5.41) is 10.9. The van der Waals surface area contributed by atoms with Crippen LogP contribution in [-0.4, -0.2) is 80.1 Å². The highest BCUT2D eigenvalue weighted by Crippen LogP contribution is 2.21. The van der Waals surface area contributed by atoms with Crippen molar-refractivity contribution in [3.8, 4) is 0 Å². The van der Waals surface area contributed by atoms with E-state index in [0.29, 0.717) is 18.7 Å². The van der Waals surface area contributed by atoms with Gasteiger partial charge >= 0.3 is 5.97 Å². The van der Waals surface area contributed by atoms with Gasteiger partial charge < -0.3 is 15.0 Å². The average Bonchev–Trinajstić information content (AvgIpc) is 3.52. The number of H-pyrrole nitrogens is 1. The number of nitrogens with one attached hydrogen (secondary N) is 1. The van der Waals surface area contributed by atoms with Crippen molar-refractivity contribution >= 4 is 29.5 Å². The van der Waals surface area contributed by atoms with Gasteiger partial charge in [0.15, 0.2) is 6.04 Å². The number of imidazole rings is 1. The van der Waals surface area contributed by atoms with Gasteiger partial charge in [-0.3, -0.25) is 14.4 Å². The topological polar surface area (TPSA) is 116 Å². The van der Waals surface area contributed by atoms with Gasteiger partial charge in [0.2, 0.25) is 11.8 Å². The molecule has 9 nitrogen and oxygen atoms in total. The largest absolute Gasteiger partial charge is 0.480 e. The molecule has 2 heterocycles. The Morgan fingerprint density at radius 1 is 1.32 bits per heavy atom. The van der Waals surface area contributed by atoms with E-state index in [1.54, 1.807) is 11.1 Å². The third-order valence-electron chi connectivity index (χ3n) is 5.88. The molecule has 0 radical (unpaired) electrons. The first kappa shape index (κ1) is 25.8. The smallest absolute Gasteiger partial charge is 0.329 e. The van der Waals surface area contributed by atoms with Crippen LogP contribution in [0.5, 0.6) is 0 Å². The van der Waals surface area contributed by atoms with E-state index in [9.17, 15) is 19.5 Å². The van der Waals surface area contributed by atoms with E-state index in [4.69, 9.17) is 4.84 Å². The summed E-state index contributed by atoms with van der Waals surface area (Å²) in [4.78, 5) is 52.4. The zero-order chi connectivity index (χ0) is 24.3. The first-order valence-electron chi connectivity index (χ1n) is 11.5. The summed E-state index contributed by atoms with van der Waals surface area (Å²) < 4.78 is 0. The average molecular weight is 489 g/mol. The highest BCUT2D eigenvalue weighted by molar-refractivity contribution is 7.98. The van der Waals surface area contributed by atoms with Crippen LogP contribution in [0.3, 0.4) is 0 Å². The van der Waals surface area contributed by atoms with Crippen molar-refractivity contribution in [3.63, 3.8) is 0 Å². The maximum atomic E-state index is 13.1. The molecule has 3 rings (SSSR count). The quantitative estimate of drug-likeness (QED) is 0.416. The Labute approximate surface area is 203 Å². The lowest BCUT2D eigenvalue weighted by molar-refractivity contribution is -0.211. The summed E-state index contributed by atoms with van der Waals surface area (Å²) in [6, 6.07) is 8.29. The number of hydrogen-bond donors (Lipinski definition) is 2. The fourth-order valence-corrected chi connectivity index (χ4v) is 4.52. The molecule has 2 atom stereocenters. The van der Waals surface area contributed by atoms with E-state index >= 15 is 0 Å². The van der Waals surface area contributed by atoms with Gasteiger partial charge in [0.05, 0.1) is 25.4 Å². The van der Waals surface area contributed by atoms with Gasteiger partial charge in [-0.15, -0.1) is 0 Å². The molecule has 2 N–H and O–H groups in total. The minimum Gasteiger partial charge on any atom is -0.480 e. The maximum absolute atomic E-state index is 13.1. The first-order chi connectivity index (χ1) is 16.5. The highest BCUT2D eigenvalue weighted by Gasteiger charge is 2.34. The number of carbonyl (C=O) groups is 3. The number of hydrogen-bond acceptors (Lipinski definition) is 6. The molecule has 2 aromatic rings. The predicted molar refractivity (Wildman–Crippen MR) is 129 cm³/mol. The highest BCUT2D eigenvalue weighted by atomic mass is 32.2. The van der Waals surface area contributed by atoms with Crippen LogP contribution in [-0.2, 0) is 32.1 Å². The van der Waals surface area contributed by atoms with E-state index in [0.717, 1.165) is 29.2 Å². The Morgan fingerprint density at radius 2 is 2.12 bits per heavy atom. The molecule has 1 aliphatic rings. The Kier molecular flexibility index (Phi) is 9.96. The fourth-order valence-electron chi connectivity index (χ4n) is 4.06. The number of hydroxylamine groups is 2. The summed E-state index contributed by atoms with van der Waals surface area (Å²) in [5.41, 5.74) is 1.73. The Morgan fingerprint density at radius 3 is 2.79 bits per heavy atom. The van der Waals surface area contributed by atoms with Crippen LogP contribution in [0, 0.1) is 0 Å². The SMILES string of the molecule is CSCC[C@@H](C(=O)O)N(OCC1CCCN1C(=O)Cc1cnc[nH]1)C(=O)CCc1ccccc1. The number of aliphatic carboxylic acids is 1. The van der Waals surface area contributed by atoms with Crippen LogP contribution in [0.2, 0.25) is 0 Å². The van der Waals surface area contributed by atoms with Crippen molar-refractivity contribution in [1.29, 1.82) is 0 Å². The summed E-state index contributed by atoms with van der Waals surface area (Å²) in [6.45, 7) is 0.687. The molecule has 1 saturated heterocycles. The molecule has 0 bridgehead atoms. The number of carbonyl (C=O) groups excluding carboxylic acids is 2. The number of aromatic amines is 1. The molecule has 0 spiro atoms. The first-order valence-corrected chi connectivity index (χ1v) is 12.9. The molecule has 1 aromatic carbocycles. The number of nitrogens with zero attached hydrogens (tertiary/aromatic N) is 3. The molecule has 1 unspecified atom stereocenters. The number of carboxylic acid groups (broad SMARTS) is 1. The van der Waals surface area contributed by atoms with Gasteiger partial charge in [0, 0.05) is 24.9 Å². The molecule has 1 aliphatic heterocycles. The molecule has 184 valence electrons. The number of amides is 2. The number of rotatable bonds is 13. The standard InChI is InChI=1S/C24H32N4O5S/c1-34-13-11-21(24(31)32)28(22(29)10-9-18-6-3-2-4-7-18)33-16-20-8-5-12-27(20)23(30)14-19-15-25-17-26-19/h2-4,6-7,15,17,20-21H,5,8-14,16H2,1H3,(H,25,26)(H,31,32)/t20?,21-/m0/s1. The van der Waals surface area contributed by atoms with Gasteiger partial charge in [-0.05, 0) is 43.3 Å². The van der Waals surface area contributed by atoms with Crippen molar-refractivity contribution in [3.05, 3.63) is 54.1 Å². The van der Waals surface area contributed by atoms with Crippen molar-refractivity contribution in [2.45, 2.75) is 50.6 Å². The van der Waals surface area contributed by atoms with Crippen molar-refractivity contribution in [2.75, 3.05) is 25.2 Å². The van der Waals surface area contributed by atoms with Crippen LogP contribution in [0.15, 0.2) is 42.9 Å². The summed E-state index contributed by atoms with van der Waals surface area (Å²) in [7, 11) is 0. The predicted octanol–water partition coefficient (Wildman–Crippen LogP) is 2.54. The number of aromatic nitrogens is 2. The number of likely N-dealkylation sites (tertiary alicyclic amines) is 1. The van der Waals surface area contributed by atoms with Crippen molar-refractivity contribution in [2.24, 2.45) is 0 Å². The van der Waals surface area contributed by atoms with Crippen molar-refractivity contribution in [1.82, 2.24) is 19.9 Å². The van der Waals surface area contributed by atoms with E-state index in [-0.39, 0.29) is 43.7 Å². The third kappa shape index (κ3) is 7.33. The zero-order valence-corrected chi connectivity index (χ0v) is 20.2. The van der Waals surface area contributed by atoms with Crippen LogP contribution in [0.1, 0.15) is 36.9 Å². The van der Waals surface area contributed by atoms with Gasteiger partial charge in [-0.25, -0.2) is 14.8 Å². The van der Waals surface area contributed by atoms with E-state index in [1.807, 2.05) is 36.6 Å². The van der Waals surface area contributed by atoms with Crippen LogP contribution in [0.4, 0.5) is 0 Å². The lowest BCUT2D eigenvalue weighted by Gasteiger charge is -2.31. The van der Waals surface area contributed by atoms with Gasteiger partial charge in [-0.2, -0.15) is 11.8 Å². The molecule has 0 aliphatic carbocycles. The molecule has 1 aromatic heterocycles.